The molecule has 0 fully saturated rings. The van der Waals surface area contributed by atoms with Crippen LogP contribution < -0.4 is 11.1 Å². The molecule has 1 heterocycles. The number of ether oxygens (including phenoxy) is 3. The Hall–Kier alpha value is -2.72. The quantitative estimate of drug-likeness (QED) is 0.247. The van der Waals surface area contributed by atoms with Gasteiger partial charge in [0.15, 0.2) is 11.9 Å². The van der Waals surface area contributed by atoms with Crippen molar-refractivity contribution in [2.45, 2.75) is 64.6 Å². The Kier molecular flexibility index (Phi) is 14.0. The van der Waals surface area contributed by atoms with E-state index in [-0.39, 0.29) is 43.7 Å². The van der Waals surface area contributed by atoms with Crippen molar-refractivity contribution < 1.29 is 64.0 Å². The van der Waals surface area contributed by atoms with Crippen LogP contribution in [0.15, 0.2) is 58.9 Å². The summed E-state index contributed by atoms with van der Waals surface area (Å²) < 4.78 is 16.3. The van der Waals surface area contributed by atoms with Crippen LogP contribution in [0.25, 0.3) is 0 Å². The van der Waals surface area contributed by atoms with E-state index < -0.39 is 65.9 Å². The van der Waals surface area contributed by atoms with Gasteiger partial charge in [-0.05, 0) is 37.8 Å². The minimum Gasteiger partial charge on any atom is -0.439 e. The summed E-state index contributed by atoms with van der Waals surface area (Å²) in [5, 5.41) is 24.2. The third-order valence-electron chi connectivity index (χ3n) is 6.76. The normalized spacial score (nSPS) is 34.1. The molecule has 0 unspecified atom stereocenters. The molecule has 2 rings (SSSR count). The average molecular weight is 733 g/mol. The van der Waals surface area contributed by atoms with Crippen LogP contribution in [0.1, 0.15) is 34.1 Å². The number of hydrogen-bond acceptors (Lipinski definition) is 9. The fourth-order valence-corrected chi connectivity index (χ4v) is 4.65. The van der Waals surface area contributed by atoms with Crippen LogP contribution in [0, 0.1) is 11.8 Å². The van der Waals surface area contributed by atoms with Crippen molar-refractivity contribution >= 4 is 23.6 Å². The van der Waals surface area contributed by atoms with Gasteiger partial charge in [0.25, 0.3) is 5.91 Å². The molecule has 2 amide bonds. The Balaban J connectivity index is 0.00000800. The van der Waals surface area contributed by atoms with Crippen molar-refractivity contribution in [3.8, 4) is 0 Å². The Morgan fingerprint density at radius 3 is 2.27 bits per heavy atom. The van der Waals surface area contributed by atoms with Crippen molar-refractivity contribution in [1.29, 1.82) is 0 Å². The smallest absolute Gasteiger partial charge is 0.405 e. The number of amides is 2. The van der Waals surface area contributed by atoms with Gasteiger partial charge < -0.3 is 35.5 Å². The molecule has 221 valence electrons. The molecule has 0 saturated carbocycles. The molecule has 0 saturated heterocycles. The largest absolute Gasteiger partial charge is 0.439 e. The first kappa shape index (κ1) is 35.3. The van der Waals surface area contributed by atoms with Crippen LogP contribution in [0.5, 0.6) is 0 Å². The second kappa shape index (κ2) is 15.9. The third kappa shape index (κ3) is 9.16. The van der Waals surface area contributed by atoms with Gasteiger partial charge in [-0.2, -0.15) is 0 Å². The second-order valence-corrected chi connectivity index (χ2v) is 9.83. The van der Waals surface area contributed by atoms with E-state index in [0.717, 1.165) is 12.2 Å². The summed E-state index contributed by atoms with van der Waals surface area (Å²) in [7, 11) is 2.77. The molecule has 0 aromatic rings. The van der Waals surface area contributed by atoms with Crippen LogP contribution in [0.3, 0.4) is 0 Å². The Labute approximate surface area is 247 Å². The van der Waals surface area contributed by atoms with E-state index in [1.54, 1.807) is 32.9 Å². The molecule has 1 aliphatic carbocycles. The number of primary amides is 1. The number of hydrogen-bond donors (Lipinski definition) is 4. The number of methoxy groups -OCH3 is 2. The number of carbonyl (C=O) groups excluding carboxylic acids is 4. The SMILES string of the molecule is CO[C@H]1/C=C\C=C(/C)C(=O)NC2=CC(=O)C=C(C2=O)[C@H](OC)[C@@H](C)C[C@H](O)[C@H](O)[C@@H](C)/C=C(\C)[C@@H]1OC(N)=O.[Re]. The van der Waals surface area contributed by atoms with E-state index in [9.17, 15) is 29.4 Å². The molecule has 11 nitrogen and oxygen atoms in total. The molecule has 40 heavy (non-hydrogen) atoms. The van der Waals surface area contributed by atoms with Gasteiger partial charge in [0.05, 0.1) is 24.0 Å². The third-order valence-corrected chi connectivity index (χ3v) is 6.76. The van der Waals surface area contributed by atoms with Gasteiger partial charge >= 0.3 is 6.09 Å². The number of nitrogens with two attached hydrogens (primary N) is 1. The molecular formula is C28H38N2O9Re. The fraction of sp³-hybridized carbons (Fsp3) is 0.500. The van der Waals surface area contributed by atoms with Crippen LogP contribution in [0.4, 0.5) is 4.79 Å². The molecule has 2 bridgehead atoms. The number of allylic oxidation sites excluding steroid dienone is 5. The van der Waals surface area contributed by atoms with Crippen LogP contribution in [0.2, 0.25) is 0 Å². The molecule has 5 N–H and O–H groups in total. The van der Waals surface area contributed by atoms with Crippen LogP contribution >= 0.6 is 0 Å². The van der Waals surface area contributed by atoms with E-state index in [4.69, 9.17) is 19.9 Å². The van der Waals surface area contributed by atoms with Gasteiger partial charge in [0.2, 0.25) is 5.78 Å². The standard InChI is InChI=1S/C28H38N2O9.Re/c1-14-8-7-9-22(37-5)26(39-28(29)36)16(3)10-15(2)23(33)21(32)11-17(4)25(38-6)19-12-18(31)13-20(24(19)34)30-27(14)35;/h7-10,12-13,15,17,21-23,25-26,32-33H,11H2,1-6H3,(H2,29,36)(H,30,35);/b9-7-,14-8+,16-10+;/t15-,17-,21-,22-,23+,25+,26-;/m0./s1. The molecule has 2 aliphatic rings. The maximum Gasteiger partial charge on any atom is 0.405 e. The number of nitrogens with one attached hydrogen (secondary N) is 1. The number of Topliss-reactive ketones (excluding diaryl/α,β-unsaturated/α-hetero) is 1. The number of aliphatic hydroxyl groups is 2. The summed E-state index contributed by atoms with van der Waals surface area (Å²) in [6, 6.07) is 0. The number of carbonyl (C=O) groups is 4. The Bertz CT molecular complexity index is 1120. The van der Waals surface area contributed by atoms with Crippen molar-refractivity contribution in [1.82, 2.24) is 5.32 Å². The van der Waals surface area contributed by atoms with Crippen molar-refractivity contribution in [3.05, 3.63) is 58.9 Å². The molecule has 12 heteroatoms. The Morgan fingerprint density at radius 2 is 1.70 bits per heavy atom. The zero-order chi connectivity index (χ0) is 29.4. The number of fused-ring (bicyclic) bond motifs is 2. The van der Waals surface area contributed by atoms with Gasteiger partial charge in [-0.1, -0.05) is 38.2 Å². The van der Waals surface area contributed by atoms with Gasteiger partial charge in [0.1, 0.15) is 6.10 Å². The molecule has 1 aliphatic heterocycles. The molecule has 0 spiro atoms. The second-order valence-electron chi connectivity index (χ2n) is 9.83. The zero-order valence-electron chi connectivity index (χ0n) is 23.4. The van der Waals surface area contributed by atoms with E-state index in [1.807, 2.05) is 0 Å². The number of aliphatic hydroxyl groups excluding tert-OH is 2. The summed E-state index contributed by atoms with van der Waals surface area (Å²) >= 11 is 0. The Morgan fingerprint density at radius 1 is 1.05 bits per heavy atom. The average Bonchev–Trinajstić information content (AvgIpc) is 2.86. The molecular weight excluding hydrogens is 695 g/mol. The van der Waals surface area contributed by atoms with Gasteiger partial charge in [-0.15, -0.1) is 0 Å². The zero-order valence-corrected chi connectivity index (χ0v) is 26.1. The molecule has 0 aromatic carbocycles. The summed E-state index contributed by atoms with van der Waals surface area (Å²) in [5.74, 6) is -2.80. The molecule has 1 radical (unpaired) electrons. The van der Waals surface area contributed by atoms with E-state index >= 15 is 0 Å². The molecule has 7 atom stereocenters. The summed E-state index contributed by atoms with van der Waals surface area (Å²) in [6.45, 7) is 6.59. The van der Waals surface area contributed by atoms with E-state index in [1.165, 1.54) is 33.3 Å². The first-order valence-corrected chi connectivity index (χ1v) is 12.5. The van der Waals surface area contributed by atoms with Crippen LogP contribution in [-0.4, -0.2) is 78.5 Å². The van der Waals surface area contributed by atoms with Gasteiger partial charge in [-0.3, -0.25) is 14.4 Å². The fourth-order valence-electron chi connectivity index (χ4n) is 4.65. The predicted molar refractivity (Wildman–Crippen MR) is 142 cm³/mol. The number of ketones is 2. The summed E-state index contributed by atoms with van der Waals surface area (Å²) in [4.78, 5) is 50.1. The molecule has 0 aromatic heterocycles. The minimum atomic E-state index is -1.23. The monoisotopic (exact) mass is 733 g/mol. The summed E-state index contributed by atoms with van der Waals surface area (Å²) in [6.07, 6.45) is 2.21. The minimum absolute atomic E-state index is 0. The topological polar surface area (TPSA) is 174 Å². The van der Waals surface area contributed by atoms with Gasteiger partial charge in [0, 0.05) is 57.8 Å². The maximum atomic E-state index is 13.2. The first-order chi connectivity index (χ1) is 18.3. The van der Waals surface area contributed by atoms with Gasteiger partial charge in [-0.25, -0.2) is 4.79 Å². The first-order valence-electron chi connectivity index (χ1n) is 12.5. The van der Waals surface area contributed by atoms with E-state index in [0.29, 0.717) is 5.57 Å². The number of rotatable bonds is 3. The summed E-state index contributed by atoms with van der Waals surface area (Å²) in [5.41, 5.74) is 5.84. The van der Waals surface area contributed by atoms with E-state index in [2.05, 4.69) is 5.32 Å². The van der Waals surface area contributed by atoms with Crippen molar-refractivity contribution in [2.24, 2.45) is 17.6 Å². The van der Waals surface area contributed by atoms with Crippen molar-refractivity contribution in [2.75, 3.05) is 14.2 Å². The van der Waals surface area contributed by atoms with Crippen LogP contribution in [-0.2, 0) is 49.0 Å². The predicted octanol–water partition coefficient (Wildman–Crippen LogP) is 1.40. The maximum absolute atomic E-state index is 13.2. The van der Waals surface area contributed by atoms with Crippen molar-refractivity contribution in [3.63, 3.8) is 0 Å².